The van der Waals surface area contributed by atoms with Crippen LogP contribution >= 0.6 is 11.3 Å². The maximum atomic E-state index is 5.12. The lowest BCUT2D eigenvalue weighted by atomic mass is 9.98. The summed E-state index contributed by atoms with van der Waals surface area (Å²) in [5.41, 5.74) is 11.1. The van der Waals surface area contributed by atoms with Gasteiger partial charge in [0.1, 0.15) is 0 Å². The van der Waals surface area contributed by atoms with E-state index in [-0.39, 0.29) is 0 Å². The number of hydrogen-bond donors (Lipinski definition) is 0. The average molecular weight is 683 g/mol. The number of rotatable bonds is 6. The summed E-state index contributed by atoms with van der Waals surface area (Å²) < 4.78 is 4.84. The Morgan fingerprint density at radius 2 is 0.846 bits per heavy atom. The van der Waals surface area contributed by atoms with Gasteiger partial charge in [-0.1, -0.05) is 152 Å². The van der Waals surface area contributed by atoms with E-state index in [1.807, 2.05) is 47.7 Å². The molecular formula is C47H30N4S. The van der Waals surface area contributed by atoms with Crippen LogP contribution in [0, 0.1) is 0 Å². The molecular weight excluding hydrogens is 653 g/mol. The molecule has 0 atom stereocenters. The first kappa shape index (κ1) is 30.2. The Bertz CT molecular complexity index is 2760. The molecule has 0 fully saturated rings. The molecule has 0 spiro atoms. The van der Waals surface area contributed by atoms with E-state index in [0.717, 1.165) is 27.1 Å². The minimum absolute atomic E-state index is 0.656. The highest BCUT2D eigenvalue weighted by molar-refractivity contribution is 7.27. The molecule has 0 unspecified atom stereocenters. The van der Waals surface area contributed by atoms with Gasteiger partial charge < -0.3 is 4.57 Å². The van der Waals surface area contributed by atoms with E-state index in [9.17, 15) is 0 Å². The highest BCUT2D eigenvalue weighted by Crippen LogP contribution is 2.46. The van der Waals surface area contributed by atoms with Crippen molar-refractivity contribution in [1.29, 1.82) is 0 Å². The quantitative estimate of drug-likeness (QED) is 0.175. The van der Waals surface area contributed by atoms with Crippen molar-refractivity contribution >= 4 is 42.5 Å². The van der Waals surface area contributed by atoms with E-state index in [4.69, 9.17) is 15.0 Å². The number of fused-ring (bicyclic) bond motifs is 5. The van der Waals surface area contributed by atoms with Crippen LogP contribution in [0.15, 0.2) is 182 Å². The molecule has 10 rings (SSSR count). The Hall–Kier alpha value is -6.69. The first-order valence-electron chi connectivity index (χ1n) is 17.4. The second-order valence-corrected chi connectivity index (χ2v) is 13.9. The second kappa shape index (κ2) is 12.6. The van der Waals surface area contributed by atoms with Gasteiger partial charge in [0.15, 0.2) is 17.5 Å². The summed E-state index contributed by atoms with van der Waals surface area (Å²) in [6.07, 6.45) is 0. The standard InChI is InChI=1S/C47H30N4S/c1-5-16-31(17-6-1)35-28-36(32-18-7-2-8-19-32)30-37(29-35)51-41-27-14-13-24-38(41)44-42(51)39-25-15-26-40(43(39)52-44)47-49-45(33-20-9-3-10-21-33)48-46(50-47)34-22-11-4-12-23-34/h1-30H. The number of para-hydroxylation sites is 1. The van der Waals surface area contributed by atoms with Crippen molar-refractivity contribution in [2.45, 2.75) is 0 Å². The predicted octanol–water partition coefficient (Wildman–Crippen LogP) is 12.5. The minimum Gasteiger partial charge on any atom is -0.308 e. The highest BCUT2D eigenvalue weighted by Gasteiger charge is 2.22. The second-order valence-electron chi connectivity index (χ2n) is 12.9. The Morgan fingerprint density at radius 1 is 0.365 bits per heavy atom. The maximum Gasteiger partial charge on any atom is 0.165 e. The van der Waals surface area contributed by atoms with Crippen molar-refractivity contribution in [1.82, 2.24) is 19.5 Å². The van der Waals surface area contributed by atoms with Gasteiger partial charge in [0.25, 0.3) is 0 Å². The average Bonchev–Trinajstić information content (AvgIpc) is 3.77. The molecule has 52 heavy (non-hydrogen) atoms. The SMILES string of the molecule is c1ccc(-c2cc(-c3ccccc3)cc(-n3c4ccccc4c4sc5c(-c6nc(-c7ccccc7)nc(-c7ccccc7)n6)cccc5c43)c2)cc1. The molecule has 0 saturated heterocycles. The minimum atomic E-state index is 0.656. The van der Waals surface area contributed by atoms with Crippen molar-refractivity contribution in [3.8, 4) is 62.1 Å². The van der Waals surface area contributed by atoms with Crippen LogP contribution in [0.4, 0.5) is 0 Å². The molecule has 0 radical (unpaired) electrons. The summed E-state index contributed by atoms with van der Waals surface area (Å²) in [4.78, 5) is 15.2. The Kier molecular flexibility index (Phi) is 7.29. The predicted molar refractivity (Wildman–Crippen MR) is 217 cm³/mol. The maximum absolute atomic E-state index is 5.12. The molecule has 3 heterocycles. The zero-order valence-electron chi connectivity index (χ0n) is 28.0. The topological polar surface area (TPSA) is 43.6 Å². The van der Waals surface area contributed by atoms with Crippen molar-refractivity contribution in [3.63, 3.8) is 0 Å². The molecule has 0 aliphatic heterocycles. The molecule has 10 aromatic rings. The van der Waals surface area contributed by atoms with Gasteiger partial charge in [-0.2, -0.15) is 0 Å². The fraction of sp³-hybridized carbons (Fsp3) is 0. The zero-order valence-corrected chi connectivity index (χ0v) is 28.8. The van der Waals surface area contributed by atoms with Crippen LogP contribution in [0.3, 0.4) is 0 Å². The van der Waals surface area contributed by atoms with E-state index in [2.05, 4.69) is 150 Å². The van der Waals surface area contributed by atoms with E-state index in [1.54, 1.807) is 0 Å². The summed E-state index contributed by atoms with van der Waals surface area (Å²) in [7, 11) is 0. The van der Waals surface area contributed by atoms with E-state index in [0.29, 0.717) is 17.5 Å². The summed E-state index contributed by atoms with van der Waals surface area (Å²) in [6.45, 7) is 0. The van der Waals surface area contributed by atoms with Crippen molar-refractivity contribution in [2.24, 2.45) is 0 Å². The van der Waals surface area contributed by atoms with Gasteiger partial charge in [-0.15, -0.1) is 11.3 Å². The molecule has 3 aromatic heterocycles. The number of nitrogens with zero attached hydrogens (tertiary/aromatic N) is 4. The molecule has 0 amide bonds. The van der Waals surface area contributed by atoms with Gasteiger partial charge in [0, 0.05) is 37.9 Å². The lowest BCUT2D eigenvalue weighted by Crippen LogP contribution is -2.00. The lowest BCUT2D eigenvalue weighted by Gasteiger charge is -2.14. The van der Waals surface area contributed by atoms with Crippen LogP contribution in [0.1, 0.15) is 0 Å². The third-order valence-electron chi connectivity index (χ3n) is 9.63. The van der Waals surface area contributed by atoms with Gasteiger partial charge in [-0.25, -0.2) is 15.0 Å². The zero-order chi connectivity index (χ0) is 34.4. The highest BCUT2D eigenvalue weighted by atomic mass is 32.1. The molecule has 244 valence electrons. The van der Waals surface area contributed by atoms with Gasteiger partial charge in [0.05, 0.1) is 15.7 Å². The first-order valence-corrected chi connectivity index (χ1v) is 18.2. The van der Waals surface area contributed by atoms with Crippen LogP contribution in [-0.2, 0) is 0 Å². The summed E-state index contributed by atoms with van der Waals surface area (Å²) in [6, 6.07) is 63.9. The molecule has 0 aliphatic carbocycles. The largest absolute Gasteiger partial charge is 0.308 e. The number of hydrogen-bond acceptors (Lipinski definition) is 4. The number of aromatic nitrogens is 4. The molecule has 7 aromatic carbocycles. The van der Waals surface area contributed by atoms with E-state index in [1.165, 1.54) is 48.8 Å². The monoisotopic (exact) mass is 682 g/mol. The van der Waals surface area contributed by atoms with Crippen LogP contribution in [0.2, 0.25) is 0 Å². The van der Waals surface area contributed by atoms with Crippen LogP contribution in [-0.4, -0.2) is 19.5 Å². The summed E-state index contributed by atoms with van der Waals surface area (Å²) >= 11 is 1.81. The summed E-state index contributed by atoms with van der Waals surface area (Å²) in [5, 5.41) is 2.39. The summed E-state index contributed by atoms with van der Waals surface area (Å²) in [5.74, 6) is 1.97. The number of thiophene rings is 1. The third kappa shape index (κ3) is 5.18. The van der Waals surface area contributed by atoms with Gasteiger partial charge in [0.2, 0.25) is 0 Å². The Morgan fingerprint density at radius 3 is 1.42 bits per heavy atom. The normalized spacial score (nSPS) is 11.5. The van der Waals surface area contributed by atoms with Crippen molar-refractivity contribution < 1.29 is 0 Å². The third-order valence-corrected chi connectivity index (χ3v) is 10.9. The van der Waals surface area contributed by atoms with Crippen molar-refractivity contribution in [3.05, 3.63) is 182 Å². The van der Waals surface area contributed by atoms with Gasteiger partial charge in [-0.05, 0) is 52.6 Å². The smallest absolute Gasteiger partial charge is 0.165 e. The fourth-order valence-electron chi connectivity index (χ4n) is 7.20. The first-order chi connectivity index (χ1) is 25.8. The molecule has 5 heteroatoms. The molecule has 0 saturated carbocycles. The molecule has 0 aliphatic rings. The van der Waals surface area contributed by atoms with E-state index < -0.39 is 0 Å². The van der Waals surface area contributed by atoms with Gasteiger partial charge >= 0.3 is 0 Å². The Balaban J connectivity index is 1.24. The molecule has 4 nitrogen and oxygen atoms in total. The molecule has 0 bridgehead atoms. The fourth-order valence-corrected chi connectivity index (χ4v) is 8.53. The Labute approximate surface area is 305 Å². The van der Waals surface area contributed by atoms with Crippen LogP contribution in [0.25, 0.3) is 93.3 Å². The van der Waals surface area contributed by atoms with E-state index >= 15 is 0 Å². The van der Waals surface area contributed by atoms with Crippen LogP contribution in [0.5, 0.6) is 0 Å². The molecule has 0 N–H and O–H groups in total. The lowest BCUT2D eigenvalue weighted by molar-refractivity contribution is 1.08. The van der Waals surface area contributed by atoms with Gasteiger partial charge in [-0.3, -0.25) is 0 Å². The van der Waals surface area contributed by atoms with Crippen molar-refractivity contribution in [2.75, 3.05) is 0 Å². The number of benzene rings is 7. The van der Waals surface area contributed by atoms with Crippen LogP contribution < -0.4 is 0 Å².